The van der Waals surface area contributed by atoms with Gasteiger partial charge in [0, 0.05) is 6.54 Å². The van der Waals surface area contributed by atoms with Crippen molar-refractivity contribution in [1.82, 2.24) is 15.5 Å². The zero-order chi connectivity index (χ0) is 15.3. The molecule has 1 aliphatic rings. The highest BCUT2D eigenvalue weighted by molar-refractivity contribution is 8.01. The molecule has 0 saturated heterocycles. The minimum absolute atomic E-state index is 0.147. The van der Waals surface area contributed by atoms with Gasteiger partial charge in [-0.25, -0.2) is 0 Å². The van der Waals surface area contributed by atoms with E-state index >= 15 is 0 Å². The smallest absolute Gasteiger partial charge is 0.231 e. The van der Waals surface area contributed by atoms with Crippen molar-refractivity contribution in [2.24, 2.45) is 5.92 Å². The maximum atomic E-state index is 11.9. The number of carbonyl (C=O) groups is 1. The fraction of sp³-hybridized carbons (Fsp3) is 0.538. The summed E-state index contributed by atoms with van der Waals surface area (Å²) in [6.07, 6.45) is 3.75. The second-order valence-corrected chi connectivity index (χ2v) is 7.17. The van der Waals surface area contributed by atoms with Gasteiger partial charge in [-0.3, -0.25) is 4.79 Å². The summed E-state index contributed by atoms with van der Waals surface area (Å²) in [6, 6.07) is 2.21. The van der Waals surface area contributed by atoms with E-state index < -0.39 is 5.54 Å². The van der Waals surface area contributed by atoms with Crippen LogP contribution >= 0.6 is 23.1 Å². The molecule has 1 unspecified atom stereocenters. The Morgan fingerprint density at radius 1 is 1.67 bits per heavy atom. The van der Waals surface area contributed by atoms with Crippen LogP contribution in [0, 0.1) is 17.2 Å². The number of rotatable bonds is 8. The van der Waals surface area contributed by atoms with Gasteiger partial charge in [0.25, 0.3) is 0 Å². The normalized spacial score (nSPS) is 16.6. The molecule has 0 bridgehead atoms. The van der Waals surface area contributed by atoms with Crippen LogP contribution in [0.1, 0.15) is 19.8 Å². The fourth-order valence-corrected chi connectivity index (χ4v) is 3.39. The SMILES string of the molecule is C=CCNc1nnc(SCC(=O)NC(C)(C#N)C2CC2)s1. The third-order valence-corrected chi connectivity index (χ3v) is 5.17. The van der Waals surface area contributed by atoms with Crippen molar-refractivity contribution in [1.29, 1.82) is 5.26 Å². The lowest BCUT2D eigenvalue weighted by Gasteiger charge is -2.22. The lowest BCUT2D eigenvalue weighted by Crippen LogP contribution is -2.47. The van der Waals surface area contributed by atoms with Gasteiger partial charge in [-0.2, -0.15) is 5.26 Å². The summed E-state index contributed by atoms with van der Waals surface area (Å²) in [7, 11) is 0. The number of hydrogen-bond donors (Lipinski definition) is 2. The van der Waals surface area contributed by atoms with E-state index in [4.69, 9.17) is 0 Å². The molecule has 8 heteroatoms. The molecule has 1 aliphatic carbocycles. The van der Waals surface area contributed by atoms with Crippen LogP contribution in [0.25, 0.3) is 0 Å². The van der Waals surface area contributed by atoms with Crippen LogP contribution in [0.5, 0.6) is 0 Å². The predicted octanol–water partition coefficient (Wildman–Crippen LogP) is 2.04. The molecule has 1 saturated carbocycles. The molecular formula is C13H17N5OS2. The molecule has 112 valence electrons. The van der Waals surface area contributed by atoms with Gasteiger partial charge >= 0.3 is 0 Å². The summed E-state index contributed by atoms with van der Waals surface area (Å²) >= 11 is 2.72. The molecule has 1 amide bonds. The highest BCUT2D eigenvalue weighted by atomic mass is 32.2. The summed E-state index contributed by atoms with van der Waals surface area (Å²) < 4.78 is 0.724. The topological polar surface area (TPSA) is 90.7 Å². The van der Waals surface area contributed by atoms with Crippen LogP contribution in [0.4, 0.5) is 5.13 Å². The second kappa shape index (κ2) is 6.91. The molecule has 0 radical (unpaired) electrons. The number of thioether (sulfide) groups is 1. The molecule has 1 aromatic rings. The molecule has 6 nitrogen and oxygen atoms in total. The van der Waals surface area contributed by atoms with Gasteiger partial charge in [-0.05, 0) is 25.7 Å². The first-order valence-electron chi connectivity index (χ1n) is 6.60. The van der Waals surface area contributed by atoms with E-state index in [9.17, 15) is 10.1 Å². The van der Waals surface area contributed by atoms with Gasteiger partial charge < -0.3 is 10.6 Å². The summed E-state index contributed by atoms with van der Waals surface area (Å²) in [4.78, 5) is 11.9. The number of amides is 1. The van der Waals surface area contributed by atoms with Gasteiger partial charge in [0.15, 0.2) is 4.34 Å². The van der Waals surface area contributed by atoms with Crippen molar-refractivity contribution < 1.29 is 4.79 Å². The zero-order valence-electron chi connectivity index (χ0n) is 11.8. The largest absolute Gasteiger partial charge is 0.357 e. The maximum absolute atomic E-state index is 11.9. The average Bonchev–Trinajstić information content (AvgIpc) is 3.24. The first-order chi connectivity index (χ1) is 10.1. The quantitative estimate of drug-likeness (QED) is 0.562. The minimum Gasteiger partial charge on any atom is -0.357 e. The van der Waals surface area contributed by atoms with Crippen LogP contribution in [0.2, 0.25) is 0 Å². The molecular weight excluding hydrogens is 306 g/mol. The van der Waals surface area contributed by atoms with E-state index in [-0.39, 0.29) is 17.6 Å². The van der Waals surface area contributed by atoms with Gasteiger partial charge in [0.05, 0.1) is 11.8 Å². The van der Waals surface area contributed by atoms with Crippen molar-refractivity contribution in [3.8, 4) is 6.07 Å². The predicted molar refractivity (Wildman–Crippen MR) is 84.2 cm³/mol. The van der Waals surface area contributed by atoms with E-state index in [1.54, 1.807) is 13.0 Å². The third-order valence-electron chi connectivity index (χ3n) is 3.16. The molecule has 21 heavy (non-hydrogen) atoms. The van der Waals surface area contributed by atoms with Crippen LogP contribution < -0.4 is 10.6 Å². The average molecular weight is 323 g/mol. The first-order valence-corrected chi connectivity index (χ1v) is 8.41. The van der Waals surface area contributed by atoms with Crippen LogP contribution in [-0.4, -0.2) is 33.9 Å². The summed E-state index contributed by atoms with van der Waals surface area (Å²) in [6.45, 7) is 6.03. The molecule has 2 rings (SSSR count). The van der Waals surface area contributed by atoms with Crippen LogP contribution in [-0.2, 0) is 4.79 Å². The third kappa shape index (κ3) is 4.44. The van der Waals surface area contributed by atoms with Crippen molar-refractivity contribution in [2.75, 3.05) is 17.6 Å². The fourth-order valence-electron chi connectivity index (χ4n) is 1.83. The molecule has 1 fully saturated rings. The van der Waals surface area contributed by atoms with E-state index in [0.29, 0.717) is 11.7 Å². The standard InChI is InChI=1S/C13H17N5OS2/c1-3-6-15-11-17-18-12(21-11)20-7-10(19)16-13(2,8-14)9-4-5-9/h3,9H,1,4-7H2,2H3,(H,15,17)(H,16,19). The lowest BCUT2D eigenvalue weighted by molar-refractivity contribution is -0.119. The Morgan fingerprint density at radius 2 is 2.43 bits per heavy atom. The molecule has 2 N–H and O–H groups in total. The number of carbonyl (C=O) groups excluding carboxylic acids is 1. The Kier molecular flexibility index (Phi) is 5.20. The number of nitrogens with zero attached hydrogens (tertiary/aromatic N) is 3. The Labute approximate surface area is 132 Å². The van der Waals surface area contributed by atoms with E-state index in [2.05, 4.69) is 33.5 Å². The first kappa shape index (κ1) is 15.8. The molecule has 0 aromatic carbocycles. The number of nitriles is 1. The Bertz CT molecular complexity index is 563. The Balaban J connectivity index is 1.79. The van der Waals surface area contributed by atoms with E-state index in [1.807, 2.05) is 0 Å². The molecule has 1 aromatic heterocycles. The zero-order valence-corrected chi connectivity index (χ0v) is 13.4. The number of hydrogen-bond acceptors (Lipinski definition) is 7. The summed E-state index contributed by atoms with van der Waals surface area (Å²) in [5.74, 6) is 0.375. The van der Waals surface area contributed by atoms with Gasteiger partial charge in [0.1, 0.15) is 5.54 Å². The highest BCUT2D eigenvalue weighted by Gasteiger charge is 2.42. The summed E-state index contributed by atoms with van der Waals surface area (Å²) in [5.41, 5.74) is -0.741. The van der Waals surface area contributed by atoms with E-state index in [1.165, 1.54) is 23.1 Å². The Morgan fingerprint density at radius 3 is 3.05 bits per heavy atom. The molecule has 1 atom stereocenters. The lowest BCUT2D eigenvalue weighted by atomic mass is 9.98. The van der Waals surface area contributed by atoms with Gasteiger partial charge in [-0.1, -0.05) is 29.2 Å². The monoisotopic (exact) mass is 323 g/mol. The van der Waals surface area contributed by atoms with Crippen molar-refractivity contribution in [2.45, 2.75) is 29.6 Å². The molecule has 1 heterocycles. The van der Waals surface area contributed by atoms with E-state index in [0.717, 1.165) is 17.2 Å². The number of aromatic nitrogens is 2. The molecule has 0 spiro atoms. The summed E-state index contributed by atoms with van der Waals surface area (Å²) in [5, 5.41) is 23.7. The highest BCUT2D eigenvalue weighted by Crippen LogP contribution is 2.39. The van der Waals surface area contributed by atoms with Crippen molar-refractivity contribution in [3.63, 3.8) is 0 Å². The van der Waals surface area contributed by atoms with Crippen molar-refractivity contribution in [3.05, 3.63) is 12.7 Å². The minimum atomic E-state index is -0.741. The number of anilines is 1. The van der Waals surface area contributed by atoms with Gasteiger partial charge in [0.2, 0.25) is 11.0 Å². The molecule has 0 aliphatic heterocycles. The van der Waals surface area contributed by atoms with Crippen LogP contribution in [0.3, 0.4) is 0 Å². The Hall–Kier alpha value is -1.59. The van der Waals surface area contributed by atoms with Gasteiger partial charge in [-0.15, -0.1) is 16.8 Å². The second-order valence-electron chi connectivity index (χ2n) is 4.97. The van der Waals surface area contributed by atoms with Crippen LogP contribution in [0.15, 0.2) is 17.0 Å². The maximum Gasteiger partial charge on any atom is 0.231 e. The van der Waals surface area contributed by atoms with Crippen molar-refractivity contribution >= 4 is 34.1 Å². The number of nitrogens with one attached hydrogen (secondary N) is 2.